The molecule has 21 heavy (non-hydrogen) atoms. The summed E-state index contributed by atoms with van der Waals surface area (Å²) in [5, 5.41) is 3.04. The van der Waals surface area contributed by atoms with Crippen LogP contribution in [-0.4, -0.2) is 41.1 Å². The van der Waals surface area contributed by atoms with Gasteiger partial charge < -0.3 is 10.2 Å². The molecule has 4 nitrogen and oxygen atoms in total. The maximum absolute atomic E-state index is 12.2. The number of hydrogen-bond donors (Lipinski definition) is 1. The highest BCUT2D eigenvalue weighted by Crippen LogP contribution is 2.37. The number of nitrogens with one attached hydrogen (secondary N) is 1. The van der Waals surface area contributed by atoms with E-state index >= 15 is 0 Å². The third kappa shape index (κ3) is 2.79. The van der Waals surface area contributed by atoms with Gasteiger partial charge in [-0.1, -0.05) is 32.0 Å². The Kier molecular flexibility index (Phi) is 3.93. The summed E-state index contributed by atoms with van der Waals surface area (Å²) < 4.78 is 0. The molecule has 2 amide bonds. The van der Waals surface area contributed by atoms with E-state index in [2.05, 4.69) is 23.5 Å². The van der Waals surface area contributed by atoms with Crippen LogP contribution in [0.5, 0.6) is 0 Å². The number of benzene rings is 1. The van der Waals surface area contributed by atoms with Gasteiger partial charge in [0.15, 0.2) is 0 Å². The van der Waals surface area contributed by atoms with Gasteiger partial charge in [-0.25, -0.2) is 0 Å². The number of carbonyl (C=O) groups is 2. The van der Waals surface area contributed by atoms with Gasteiger partial charge in [0.2, 0.25) is 11.8 Å². The van der Waals surface area contributed by atoms with Gasteiger partial charge in [0.05, 0.1) is 6.54 Å². The second-order valence-corrected chi connectivity index (χ2v) is 7.35. The van der Waals surface area contributed by atoms with E-state index in [9.17, 15) is 9.59 Å². The highest BCUT2D eigenvalue weighted by Gasteiger charge is 2.38. The molecular formula is C16H20N2O2S. The molecule has 0 bridgehead atoms. The van der Waals surface area contributed by atoms with Gasteiger partial charge in [0, 0.05) is 16.7 Å². The fourth-order valence-corrected chi connectivity index (χ4v) is 4.44. The first-order valence-electron chi connectivity index (χ1n) is 7.38. The highest BCUT2D eigenvalue weighted by molar-refractivity contribution is 8.00. The Balaban J connectivity index is 1.74. The molecule has 0 spiro atoms. The quantitative estimate of drug-likeness (QED) is 0.924. The van der Waals surface area contributed by atoms with Crippen LogP contribution in [-0.2, 0) is 16.0 Å². The normalized spacial score (nSPS) is 25.2. The van der Waals surface area contributed by atoms with Crippen molar-refractivity contribution >= 4 is 23.6 Å². The van der Waals surface area contributed by atoms with Crippen LogP contribution in [0, 0.1) is 5.92 Å². The third-order valence-electron chi connectivity index (χ3n) is 4.08. The van der Waals surface area contributed by atoms with Crippen LogP contribution in [0.2, 0.25) is 0 Å². The topological polar surface area (TPSA) is 49.4 Å². The van der Waals surface area contributed by atoms with Gasteiger partial charge in [-0.3, -0.25) is 9.59 Å². The van der Waals surface area contributed by atoms with Crippen molar-refractivity contribution in [3.8, 4) is 0 Å². The van der Waals surface area contributed by atoms with Crippen LogP contribution < -0.4 is 5.32 Å². The van der Waals surface area contributed by atoms with Crippen LogP contribution in [0.4, 0.5) is 0 Å². The Morgan fingerprint density at radius 2 is 2.10 bits per heavy atom. The number of piperazine rings is 1. The lowest BCUT2D eigenvalue weighted by atomic mass is 9.98. The van der Waals surface area contributed by atoms with Crippen molar-refractivity contribution in [3.05, 3.63) is 29.8 Å². The van der Waals surface area contributed by atoms with Crippen LogP contribution in [0.3, 0.4) is 0 Å². The van der Waals surface area contributed by atoms with Gasteiger partial charge >= 0.3 is 0 Å². The van der Waals surface area contributed by atoms with Crippen LogP contribution in [0.25, 0.3) is 0 Å². The maximum Gasteiger partial charge on any atom is 0.243 e. The molecule has 112 valence electrons. The molecule has 5 heteroatoms. The Morgan fingerprint density at radius 3 is 2.81 bits per heavy atom. The maximum atomic E-state index is 12.2. The smallest absolute Gasteiger partial charge is 0.243 e. The lowest BCUT2D eigenvalue weighted by Gasteiger charge is -2.38. The summed E-state index contributed by atoms with van der Waals surface area (Å²) in [6.45, 7) is 4.76. The van der Waals surface area contributed by atoms with Crippen molar-refractivity contribution in [1.29, 1.82) is 0 Å². The number of amides is 2. The van der Waals surface area contributed by atoms with Gasteiger partial charge in [0.1, 0.15) is 6.04 Å². The van der Waals surface area contributed by atoms with E-state index in [0.717, 1.165) is 6.42 Å². The molecule has 1 aromatic rings. The van der Waals surface area contributed by atoms with Crippen molar-refractivity contribution in [1.82, 2.24) is 10.2 Å². The summed E-state index contributed by atoms with van der Waals surface area (Å²) in [6.07, 6.45) is 0.969. The number of fused-ring (bicyclic) bond motifs is 1. The zero-order valence-corrected chi connectivity index (χ0v) is 13.2. The van der Waals surface area contributed by atoms with Gasteiger partial charge in [-0.2, -0.15) is 0 Å². The fraction of sp³-hybridized carbons (Fsp3) is 0.500. The van der Waals surface area contributed by atoms with E-state index in [0.29, 0.717) is 11.8 Å². The lowest BCUT2D eigenvalue weighted by Crippen LogP contribution is -2.61. The molecule has 2 unspecified atom stereocenters. The average Bonchev–Trinajstić information content (AvgIpc) is 2.85. The second kappa shape index (κ2) is 5.72. The summed E-state index contributed by atoms with van der Waals surface area (Å²) in [4.78, 5) is 27.4. The van der Waals surface area contributed by atoms with Crippen molar-refractivity contribution in [2.75, 3.05) is 13.1 Å². The first-order chi connectivity index (χ1) is 10.1. The summed E-state index contributed by atoms with van der Waals surface area (Å²) >= 11 is 1.82. The molecular weight excluding hydrogens is 284 g/mol. The molecule has 1 fully saturated rings. The number of rotatable bonds is 3. The Hall–Kier alpha value is -1.49. The van der Waals surface area contributed by atoms with E-state index in [1.807, 2.05) is 31.7 Å². The van der Waals surface area contributed by atoms with E-state index in [1.165, 1.54) is 10.5 Å². The summed E-state index contributed by atoms with van der Waals surface area (Å²) in [7, 11) is 0. The summed E-state index contributed by atoms with van der Waals surface area (Å²) in [5.41, 5.74) is 1.35. The van der Waals surface area contributed by atoms with E-state index < -0.39 is 0 Å². The molecule has 1 aromatic carbocycles. The van der Waals surface area contributed by atoms with Crippen molar-refractivity contribution in [2.45, 2.75) is 36.5 Å². The molecule has 2 heterocycles. The number of nitrogens with zero attached hydrogens (tertiary/aromatic N) is 1. The number of hydrogen-bond acceptors (Lipinski definition) is 3. The van der Waals surface area contributed by atoms with Gasteiger partial charge in [-0.15, -0.1) is 11.8 Å². The summed E-state index contributed by atoms with van der Waals surface area (Å²) in [5.74, 6) is 0.137. The minimum absolute atomic E-state index is 0.0230. The van der Waals surface area contributed by atoms with Gasteiger partial charge in [-0.05, 0) is 24.0 Å². The van der Waals surface area contributed by atoms with E-state index in [4.69, 9.17) is 0 Å². The number of thioether (sulfide) groups is 1. The van der Waals surface area contributed by atoms with Crippen LogP contribution >= 0.6 is 11.8 Å². The molecule has 2 aliphatic heterocycles. The Labute approximate surface area is 129 Å². The van der Waals surface area contributed by atoms with E-state index in [-0.39, 0.29) is 30.3 Å². The van der Waals surface area contributed by atoms with Crippen molar-refractivity contribution < 1.29 is 9.59 Å². The first kappa shape index (κ1) is 14.4. The lowest BCUT2D eigenvalue weighted by molar-refractivity contribution is -0.147. The summed E-state index contributed by atoms with van der Waals surface area (Å²) in [6, 6.07) is 8.04. The Morgan fingerprint density at radius 1 is 1.33 bits per heavy atom. The molecule has 3 rings (SSSR count). The van der Waals surface area contributed by atoms with Crippen molar-refractivity contribution in [3.63, 3.8) is 0 Å². The predicted molar refractivity (Wildman–Crippen MR) is 83.1 cm³/mol. The molecule has 0 aliphatic carbocycles. The first-order valence-corrected chi connectivity index (χ1v) is 8.26. The largest absolute Gasteiger partial charge is 0.345 e. The van der Waals surface area contributed by atoms with Crippen LogP contribution in [0.15, 0.2) is 29.2 Å². The third-order valence-corrected chi connectivity index (χ3v) is 5.39. The predicted octanol–water partition coefficient (Wildman–Crippen LogP) is 1.69. The zero-order valence-electron chi connectivity index (χ0n) is 12.3. The van der Waals surface area contributed by atoms with E-state index in [1.54, 1.807) is 4.90 Å². The SMILES string of the molecule is CC(C)C1C(=O)NCC(=O)N1CC1Cc2ccccc2S1. The highest BCUT2D eigenvalue weighted by atomic mass is 32.2. The Bertz CT molecular complexity index is 548. The molecule has 2 atom stereocenters. The standard InChI is InChI=1S/C16H20N2O2S/c1-10(2)15-16(20)17-8-14(19)18(15)9-12-7-11-5-3-4-6-13(11)21-12/h3-6,10,12,15H,7-9H2,1-2H3,(H,17,20). The zero-order chi connectivity index (χ0) is 15.0. The van der Waals surface area contributed by atoms with Gasteiger partial charge in [0.25, 0.3) is 0 Å². The van der Waals surface area contributed by atoms with Crippen LogP contribution in [0.1, 0.15) is 19.4 Å². The molecule has 0 aromatic heterocycles. The molecule has 0 saturated carbocycles. The molecule has 0 radical (unpaired) electrons. The monoisotopic (exact) mass is 304 g/mol. The average molecular weight is 304 g/mol. The molecule has 1 N–H and O–H groups in total. The van der Waals surface area contributed by atoms with Crippen molar-refractivity contribution in [2.24, 2.45) is 5.92 Å². The minimum atomic E-state index is -0.337. The fourth-order valence-electron chi connectivity index (χ4n) is 3.12. The molecule has 2 aliphatic rings. The second-order valence-electron chi connectivity index (χ2n) is 6.00. The molecule has 1 saturated heterocycles. The number of carbonyl (C=O) groups excluding carboxylic acids is 2. The minimum Gasteiger partial charge on any atom is -0.345 e.